The third-order valence-corrected chi connectivity index (χ3v) is 2.76. The molecule has 12 heavy (non-hydrogen) atoms. The van der Waals surface area contributed by atoms with Crippen molar-refractivity contribution in [3.05, 3.63) is 24.3 Å². The van der Waals surface area contributed by atoms with Gasteiger partial charge in [0.25, 0.3) is 0 Å². The molecule has 0 aliphatic rings. The molecule has 1 atom stereocenters. The molecule has 0 aromatic heterocycles. The van der Waals surface area contributed by atoms with Crippen LogP contribution in [0, 0.1) is 0 Å². The number of rotatable bonds is 1. The first-order valence-corrected chi connectivity index (χ1v) is 5.48. The average Bonchev–Trinajstić information content (AvgIpc) is 1.86. The monoisotopic (exact) mass is 214 g/mol. The maximum Gasteiger partial charge on any atom is -0.153 e. The van der Waals surface area contributed by atoms with Crippen LogP contribution in [0.15, 0.2) is 29.2 Å². The summed E-state index contributed by atoms with van der Waals surface area (Å²) in [5.41, 5.74) is 0. The Balaban J connectivity index is 0.00000121. The van der Waals surface area contributed by atoms with E-state index in [0.29, 0.717) is 0 Å². The van der Waals surface area contributed by atoms with Crippen LogP contribution in [0.5, 0.6) is 0 Å². The molecule has 1 N–H and O–H groups in total. The molecular weight excluding hydrogens is 206 g/mol. The summed E-state index contributed by atoms with van der Waals surface area (Å²) < 4.78 is 30.7. The normalized spacial score (nSPS) is 10.6. The molecule has 6 heteroatoms. The van der Waals surface area contributed by atoms with Crippen LogP contribution in [-0.2, 0) is 10.1 Å². The SMILES string of the molecule is O=S(=O)(O)c1ccc[c]([Na])c1.P. The van der Waals surface area contributed by atoms with Gasteiger partial charge in [-0.05, 0) is 0 Å². The molecule has 62 valence electrons. The standard InChI is InChI=1S/C6H5O3S.Na.H3P/c7-10(8,9)6-4-2-1-3-5-6;;/h1-2,4-5H,(H,7,8,9);;1H3. The Morgan fingerprint density at radius 2 is 1.92 bits per heavy atom. The van der Waals surface area contributed by atoms with Gasteiger partial charge in [0.15, 0.2) is 0 Å². The van der Waals surface area contributed by atoms with Crippen molar-refractivity contribution in [3.63, 3.8) is 0 Å². The van der Waals surface area contributed by atoms with Crippen molar-refractivity contribution in [2.24, 2.45) is 0 Å². The van der Waals surface area contributed by atoms with Crippen LogP contribution in [0.2, 0.25) is 0 Å². The summed E-state index contributed by atoms with van der Waals surface area (Å²) in [6, 6.07) is 6.28. The van der Waals surface area contributed by atoms with E-state index in [9.17, 15) is 8.42 Å². The Bertz CT molecular complexity index is 363. The van der Waals surface area contributed by atoms with Crippen molar-refractivity contribution >= 4 is 50.8 Å². The molecule has 0 spiro atoms. The van der Waals surface area contributed by atoms with Crippen LogP contribution in [0.4, 0.5) is 0 Å². The molecule has 0 aliphatic heterocycles. The molecule has 0 saturated carbocycles. The van der Waals surface area contributed by atoms with E-state index in [2.05, 4.69) is 0 Å². The minimum absolute atomic E-state index is 0. The molecule has 0 aliphatic carbocycles. The molecule has 0 fully saturated rings. The topological polar surface area (TPSA) is 54.4 Å². The van der Waals surface area contributed by atoms with Gasteiger partial charge in [-0.1, -0.05) is 0 Å². The van der Waals surface area contributed by atoms with Crippen LogP contribution >= 0.6 is 9.90 Å². The second-order valence-electron chi connectivity index (χ2n) is 2.29. The molecule has 0 radical (unpaired) electrons. The Morgan fingerprint density at radius 3 is 2.25 bits per heavy atom. The first-order valence-electron chi connectivity index (χ1n) is 3.04. The second-order valence-corrected chi connectivity index (χ2v) is 4.87. The summed E-state index contributed by atoms with van der Waals surface area (Å²) in [5, 5.41) is 0. The fraction of sp³-hybridized carbons (Fsp3) is 0. The van der Waals surface area contributed by atoms with Gasteiger partial charge in [0, 0.05) is 0 Å². The van der Waals surface area contributed by atoms with Gasteiger partial charge >= 0.3 is 83.0 Å². The van der Waals surface area contributed by atoms with Crippen molar-refractivity contribution in [1.82, 2.24) is 0 Å². The van der Waals surface area contributed by atoms with E-state index in [1.54, 1.807) is 6.07 Å². The summed E-state index contributed by atoms with van der Waals surface area (Å²) in [6.45, 7) is 0. The molecule has 1 unspecified atom stereocenters. The molecule has 0 saturated heterocycles. The summed E-state index contributed by atoms with van der Waals surface area (Å²) in [5.74, 6) is 0. The van der Waals surface area contributed by atoms with Crippen molar-refractivity contribution in [2.45, 2.75) is 4.90 Å². The van der Waals surface area contributed by atoms with Gasteiger partial charge in [0.1, 0.15) is 0 Å². The predicted octanol–water partition coefficient (Wildman–Crippen LogP) is -0.215. The zero-order chi connectivity index (χ0) is 8.48. The minimum atomic E-state index is -4.00. The van der Waals surface area contributed by atoms with E-state index in [1.165, 1.54) is 12.1 Å². The first-order chi connectivity index (χ1) is 5.00. The molecule has 3 nitrogen and oxygen atoms in total. The van der Waals surface area contributed by atoms with Gasteiger partial charge in [-0.25, -0.2) is 0 Å². The molecule has 1 aromatic carbocycles. The van der Waals surface area contributed by atoms with Gasteiger partial charge in [-0.2, -0.15) is 9.90 Å². The van der Waals surface area contributed by atoms with Gasteiger partial charge in [0.05, 0.1) is 0 Å². The molecule has 1 aromatic rings. The van der Waals surface area contributed by atoms with E-state index < -0.39 is 10.1 Å². The van der Waals surface area contributed by atoms with Gasteiger partial charge in [-0.3, -0.25) is 0 Å². The van der Waals surface area contributed by atoms with Crippen LogP contribution in [-0.4, -0.2) is 40.9 Å². The Hall–Kier alpha value is 0.560. The maximum absolute atomic E-state index is 10.6. The third kappa shape index (κ3) is 3.52. The zero-order valence-electron chi connectivity index (χ0n) is 6.69. The van der Waals surface area contributed by atoms with E-state index in [-0.39, 0.29) is 14.8 Å². The molecular formula is C6H8NaO3PS. The fourth-order valence-corrected chi connectivity index (χ4v) is 2.07. The summed E-state index contributed by atoms with van der Waals surface area (Å²) in [4.78, 5) is -0.0231. The second kappa shape index (κ2) is 4.70. The van der Waals surface area contributed by atoms with Gasteiger partial charge in [0.2, 0.25) is 0 Å². The number of hydrogen-bond donors (Lipinski definition) is 1. The zero-order valence-corrected chi connectivity index (χ0v) is 10.9. The Kier molecular flexibility index (Phi) is 4.92. The van der Waals surface area contributed by atoms with E-state index >= 15 is 0 Å². The molecule has 0 heterocycles. The van der Waals surface area contributed by atoms with Crippen LogP contribution in [0.1, 0.15) is 0 Å². The average molecular weight is 214 g/mol. The van der Waals surface area contributed by atoms with Crippen LogP contribution in [0.25, 0.3) is 0 Å². The minimum Gasteiger partial charge on any atom is -0.153 e. The van der Waals surface area contributed by atoms with Gasteiger partial charge in [-0.15, -0.1) is 0 Å². The van der Waals surface area contributed by atoms with Crippen LogP contribution < -0.4 is 2.81 Å². The van der Waals surface area contributed by atoms with Crippen molar-refractivity contribution < 1.29 is 13.0 Å². The molecule has 0 bridgehead atoms. The maximum atomic E-state index is 10.6. The smallest absolute Gasteiger partial charge is 0.153 e. The van der Waals surface area contributed by atoms with Crippen LogP contribution in [0.3, 0.4) is 0 Å². The van der Waals surface area contributed by atoms with Crippen molar-refractivity contribution in [2.75, 3.05) is 0 Å². The largest absolute Gasteiger partial charge is 0.153 e. The predicted molar refractivity (Wildman–Crippen MR) is 52.7 cm³/mol. The van der Waals surface area contributed by atoms with Crippen molar-refractivity contribution in [3.8, 4) is 0 Å². The number of benzene rings is 1. The molecule has 1 rings (SSSR count). The third-order valence-electron chi connectivity index (χ3n) is 1.29. The van der Waals surface area contributed by atoms with E-state index in [4.69, 9.17) is 4.55 Å². The fourth-order valence-electron chi connectivity index (χ4n) is 0.776. The Labute approximate surface area is 92.3 Å². The summed E-state index contributed by atoms with van der Waals surface area (Å²) >= 11 is 0.781. The van der Waals surface area contributed by atoms with Gasteiger partial charge < -0.3 is 0 Å². The van der Waals surface area contributed by atoms with E-state index in [0.717, 1.165) is 30.7 Å². The summed E-state index contributed by atoms with van der Waals surface area (Å²) in [7, 11) is -4.00. The number of hydrogen-bond acceptors (Lipinski definition) is 2. The Morgan fingerprint density at radius 1 is 1.33 bits per heavy atom. The summed E-state index contributed by atoms with van der Waals surface area (Å²) in [6.07, 6.45) is 0. The first kappa shape index (κ1) is 12.6. The van der Waals surface area contributed by atoms with E-state index in [1.807, 2.05) is 6.07 Å². The quantitative estimate of drug-likeness (QED) is 0.399. The molecule has 0 amide bonds. The van der Waals surface area contributed by atoms with Crippen molar-refractivity contribution in [1.29, 1.82) is 0 Å².